The van der Waals surface area contributed by atoms with Crippen LogP contribution in [0.3, 0.4) is 0 Å². The Balaban J connectivity index is 1.83. The standard InChI is InChI=1S/C18H18N2O2/c1-12-3-2-4-16-17(12)15(18(22)20-16)11-19-14-7-5-13(6-8-14)9-10-21/h2-8,11,19,21H,9-10H2,1H3,(H,20,22)/b15-11-. The van der Waals surface area contributed by atoms with E-state index < -0.39 is 0 Å². The van der Waals surface area contributed by atoms with E-state index in [2.05, 4.69) is 10.6 Å². The first-order chi connectivity index (χ1) is 10.7. The highest BCUT2D eigenvalue weighted by Crippen LogP contribution is 2.34. The lowest BCUT2D eigenvalue weighted by atomic mass is 10.0. The molecule has 22 heavy (non-hydrogen) atoms. The molecule has 1 aliphatic rings. The Morgan fingerprint density at radius 3 is 2.68 bits per heavy atom. The molecule has 0 saturated heterocycles. The van der Waals surface area contributed by atoms with E-state index in [0.717, 1.165) is 28.1 Å². The molecule has 0 aliphatic carbocycles. The van der Waals surface area contributed by atoms with Crippen LogP contribution in [-0.4, -0.2) is 17.6 Å². The van der Waals surface area contributed by atoms with Gasteiger partial charge in [0.2, 0.25) is 0 Å². The smallest absolute Gasteiger partial charge is 0.257 e. The molecule has 0 fully saturated rings. The molecule has 4 nitrogen and oxygen atoms in total. The van der Waals surface area contributed by atoms with Crippen LogP contribution in [0.25, 0.3) is 5.57 Å². The second-order valence-corrected chi connectivity index (χ2v) is 5.32. The van der Waals surface area contributed by atoms with E-state index in [0.29, 0.717) is 12.0 Å². The number of hydrogen-bond acceptors (Lipinski definition) is 3. The van der Waals surface area contributed by atoms with Crippen LogP contribution in [0.15, 0.2) is 48.7 Å². The predicted molar refractivity (Wildman–Crippen MR) is 88.6 cm³/mol. The zero-order valence-electron chi connectivity index (χ0n) is 12.4. The van der Waals surface area contributed by atoms with Gasteiger partial charge in [-0.2, -0.15) is 0 Å². The summed E-state index contributed by atoms with van der Waals surface area (Å²) in [7, 11) is 0. The third kappa shape index (κ3) is 2.73. The minimum absolute atomic E-state index is 0.0892. The molecule has 0 atom stereocenters. The van der Waals surface area contributed by atoms with Crippen LogP contribution >= 0.6 is 0 Å². The van der Waals surface area contributed by atoms with Crippen LogP contribution < -0.4 is 10.6 Å². The van der Waals surface area contributed by atoms with Gasteiger partial charge in [0.25, 0.3) is 5.91 Å². The minimum atomic E-state index is -0.0892. The summed E-state index contributed by atoms with van der Waals surface area (Å²) in [6.45, 7) is 2.14. The summed E-state index contributed by atoms with van der Waals surface area (Å²) < 4.78 is 0. The van der Waals surface area contributed by atoms with Crippen LogP contribution in [0.5, 0.6) is 0 Å². The number of hydrogen-bond donors (Lipinski definition) is 3. The van der Waals surface area contributed by atoms with Crippen molar-refractivity contribution in [3.63, 3.8) is 0 Å². The molecule has 3 rings (SSSR count). The van der Waals surface area contributed by atoms with Crippen LogP contribution in [0, 0.1) is 6.92 Å². The number of aliphatic hydroxyl groups is 1. The van der Waals surface area contributed by atoms with E-state index in [-0.39, 0.29) is 12.5 Å². The molecule has 2 aromatic carbocycles. The Kier molecular flexibility index (Phi) is 3.94. The quantitative estimate of drug-likeness (QED) is 0.760. The highest BCUT2D eigenvalue weighted by Gasteiger charge is 2.25. The van der Waals surface area contributed by atoms with Crippen molar-refractivity contribution < 1.29 is 9.90 Å². The van der Waals surface area contributed by atoms with Gasteiger partial charge in [-0.3, -0.25) is 4.79 Å². The fourth-order valence-corrected chi connectivity index (χ4v) is 2.62. The van der Waals surface area contributed by atoms with Crippen LogP contribution in [-0.2, 0) is 11.2 Å². The number of carbonyl (C=O) groups is 1. The molecule has 1 amide bonds. The number of aliphatic hydroxyl groups excluding tert-OH is 1. The lowest BCUT2D eigenvalue weighted by molar-refractivity contribution is -0.110. The highest BCUT2D eigenvalue weighted by molar-refractivity contribution is 6.32. The lowest BCUT2D eigenvalue weighted by Crippen LogP contribution is -2.05. The average molecular weight is 294 g/mol. The van der Waals surface area contributed by atoms with Crippen molar-refractivity contribution in [3.05, 3.63) is 65.4 Å². The molecule has 2 aromatic rings. The van der Waals surface area contributed by atoms with Gasteiger partial charge >= 0.3 is 0 Å². The predicted octanol–water partition coefficient (Wildman–Crippen LogP) is 2.93. The molecule has 0 unspecified atom stereocenters. The SMILES string of the molecule is Cc1cccc2c1/C(=C/Nc1ccc(CCO)cc1)C(=O)N2. The molecule has 0 aromatic heterocycles. The third-order valence-electron chi connectivity index (χ3n) is 3.77. The van der Waals surface area contributed by atoms with E-state index >= 15 is 0 Å². The highest BCUT2D eigenvalue weighted by atomic mass is 16.2. The van der Waals surface area contributed by atoms with Gasteiger partial charge in [-0.1, -0.05) is 24.3 Å². The fraction of sp³-hybridized carbons (Fsp3) is 0.167. The van der Waals surface area contributed by atoms with Crippen molar-refractivity contribution in [1.82, 2.24) is 0 Å². The van der Waals surface area contributed by atoms with Gasteiger partial charge in [-0.25, -0.2) is 0 Å². The number of rotatable bonds is 4. The Hall–Kier alpha value is -2.59. The first kappa shape index (κ1) is 14.4. The van der Waals surface area contributed by atoms with Crippen molar-refractivity contribution in [2.24, 2.45) is 0 Å². The summed E-state index contributed by atoms with van der Waals surface area (Å²) >= 11 is 0. The van der Waals surface area contributed by atoms with Gasteiger partial charge in [-0.05, 0) is 42.7 Å². The second-order valence-electron chi connectivity index (χ2n) is 5.32. The first-order valence-corrected chi connectivity index (χ1v) is 7.27. The molecule has 4 heteroatoms. The summed E-state index contributed by atoms with van der Waals surface area (Å²) in [4.78, 5) is 12.1. The maximum absolute atomic E-state index is 12.1. The largest absolute Gasteiger partial charge is 0.396 e. The zero-order valence-corrected chi connectivity index (χ0v) is 12.4. The summed E-state index contributed by atoms with van der Waals surface area (Å²) in [5.74, 6) is -0.0892. The zero-order chi connectivity index (χ0) is 15.5. The molecule has 3 N–H and O–H groups in total. The number of aryl methyl sites for hydroxylation is 1. The number of carbonyl (C=O) groups excluding carboxylic acids is 1. The van der Waals surface area contributed by atoms with Gasteiger partial charge in [0.05, 0.1) is 5.57 Å². The van der Waals surface area contributed by atoms with E-state index in [1.54, 1.807) is 6.20 Å². The molecule has 0 saturated carbocycles. The Morgan fingerprint density at radius 2 is 1.95 bits per heavy atom. The summed E-state index contributed by atoms with van der Waals surface area (Å²) in [6, 6.07) is 13.6. The Bertz CT molecular complexity index is 733. The number of fused-ring (bicyclic) bond motifs is 1. The number of nitrogens with one attached hydrogen (secondary N) is 2. The fourth-order valence-electron chi connectivity index (χ4n) is 2.62. The molecule has 112 valence electrons. The van der Waals surface area contributed by atoms with Crippen molar-refractivity contribution in [2.45, 2.75) is 13.3 Å². The molecular formula is C18H18N2O2. The van der Waals surface area contributed by atoms with Crippen LogP contribution in [0.4, 0.5) is 11.4 Å². The number of anilines is 2. The van der Waals surface area contributed by atoms with Crippen LogP contribution in [0.2, 0.25) is 0 Å². The molecule has 0 spiro atoms. The average Bonchev–Trinajstić information content (AvgIpc) is 2.84. The lowest BCUT2D eigenvalue weighted by Gasteiger charge is -2.05. The van der Waals surface area contributed by atoms with E-state index in [1.165, 1.54) is 0 Å². The molecular weight excluding hydrogens is 276 g/mol. The maximum atomic E-state index is 12.1. The number of amides is 1. The first-order valence-electron chi connectivity index (χ1n) is 7.27. The van der Waals surface area contributed by atoms with Crippen LogP contribution in [0.1, 0.15) is 16.7 Å². The summed E-state index contributed by atoms with van der Waals surface area (Å²) in [5.41, 5.74) is 5.52. The van der Waals surface area contributed by atoms with E-state index in [1.807, 2.05) is 49.4 Å². The van der Waals surface area contributed by atoms with Crippen molar-refractivity contribution in [3.8, 4) is 0 Å². The topological polar surface area (TPSA) is 61.4 Å². The summed E-state index contributed by atoms with van der Waals surface area (Å²) in [5, 5.41) is 15.0. The van der Waals surface area contributed by atoms with Gasteiger partial charge in [0, 0.05) is 29.7 Å². The van der Waals surface area contributed by atoms with Crippen molar-refractivity contribution in [1.29, 1.82) is 0 Å². The second kappa shape index (κ2) is 6.03. The monoisotopic (exact) mass is 294 g/mol. The van der Waals surface area contributed by atoms with Gasteiger partial charge in [0.15, 0.2) is 0 Å². The van der Waals surface area contributed by atoms with Crippen molar-refractivity contribution in [2.75, 3.05) is 17.2 Å². The third-order valence-corrected chi connectivity index (χ3v) is 3.77. The van der Waals surface area contributed by atoms with Gasteiger partial charge < -0.3 is 15.7 Å². The van der Waals surface area contributed by atoms with E-state index in [4.69, 9.17) is 5.11 Å². The van der Waals surface area contributed by atoms with Gasteiger partial charge in [-0.15, -0.1) is 0 Å². The maximum Gasteiger partial charge on any atom is 0.257 e. The normalized spacial score (nSPS) is 14.8. The Labute approximate surface area is 129 Å². The molecule has 1 heterocycles. The molecule has 0 bridgehead atoms. The molecule has 1 aliphatic heterocycles. The molecule has 0 radical (unpaired) electrons. The number of benzene rings is 2. The minimum Gasteiger partial charge on any atom is -0.396 e. The van der Waals surface area contributed by atoms with E-state index in [9.17, 15) is 4.79 Å². The summed E-state index contributed by atoms with van der Waals surface area (Å²) in [6.07, 6.45) is 2.39. The van der Waals surface area contributed by atoms with Crippen molar-refractivity contribution >= 4 is 22.9 Å². The van der Waals surface area contributed by atoms with Gasteiger partial charge in [0.1, 0.15) is 0 Å². The Morgan fingerprint density at radius 1 is 1.18 bits per heavy atom.